The van der Waals surface area contributed by atoms with Gasteiger partial charge in [0, 0.05) is 53.8 Å². The fraction of sp³-hybridized carbons (Fsp3) is 0.242. The van der Waals surface area contributed by atoms with Crippen LogP contribution in [0.2, 0.25) is 0 Å². The van der Waals surface area contributed by atoms with Crippen molar-refractivity contribution in [1.82, 2.24) is 10.3 Å². The van der Waals surface area contributed by atoms with Gasteiger partial charge in [-0.25, -0.2) is 4.39 Å². The molecular formula is C33H33FN4O5. The Bertz CT molecular complexity index is 1600. The molecule has 10 heteroatoms. The summed E-state index contributed by atoms with van der Waals surface area (Å²) in [6.45, 7) is 4.55. The Labute approximate surface area is 249 Å². The van der Waals surface area contributed by atoms with Crippen LogP contribution >= 0.6 is 0 Å². The fourth-order valence-electron chi connectivity index (χ4n) is 4.86. The fourth-order valence-corrected chi connectivity index (χ4v) is 4.86. The molecule has 9 nitrogen and oxygen atoms in total. The Morgan fingerprint density at radius 1 is 0.907 bits per heavy atom. The van der Waals surface area contributed by atoms with E-state index in [-0.39, 0.29) is 11.5 Å². The summed E-state index contributed by atoms with van der Waals surface area (Å²) in [6.07, 6.45) is 1.56. The summed E-state index contributed by atoms with van der Waals surface area (Å²) in [5, 5.41) is 5.76. The molecule has 222 valence electrons. The van der Waals surface area contributed by atoms with Crippen molar-refractivity contribution in [1.29, 1.82) is 0 Å². The largest absolute Gasteiger partial charge is 0.497 e. The smallest absolute Gasteiger partial charge is 0.255 e. The van der Waals surface area contributed by atoms with E-state index in [9.17, 15) is 14.0 Å². The minimum atomic E-state index is -0.482. The van der Waals surface area contributed by atoms with Crippen molar-refractivity contribution in [2.24, 2.45) is 0 Å². The molecular weight excluding hydrogens is 551 g/mol. The van der Waals surface area contributed by atoms with Gasteiger partial charge in [0.15, 0.2) is 0 Å². The summed E-state index contributed by atoms with van der Waals surface area (Å²) in [6, 6.07) is 18.7. The van der Waals surface area contributed by atoms with Crippen LogP contribution in [-0.2, 0) is 11.3 Å². The van der Waals surface area contributed by atoms with Crippen molar-refractivity contribution < 1.29 is 28.2 Å². The number of morpholine rings is 1. The normalized spacial score (nSPS) is 12.9. The van der Waals surface area contributed by atoms with Crippen molar-refractivity contribution >= 4 is 23.2 Å². The average molecular weight is 585 g/mol. The van der Waals surface area contributed by atoms with Crippen LogP contribution in [0.15, 0.2) is 72.9 Å². The molecule has 0 radical (unpaired) electrons. The highest BCUT2D eigenvalue weighted by Gasteiger charge is 2.17. The standard InChI is InChI=1S/C33H33FN4O5/c1-21-31(23-4-6-24(7-5-23)32(39)36-19-22-12-29(41-2)18-30(13-22)42-3)17-27(20-35-21)37-33(40)25-14-26(34)16-28(15-25)38-8-10-43-11-9-38/h4-7,12-18,20H,8-11,19H2,1-3H3,(H,36,39)(H,37,40). The number of halogens is 1. The van der Waals surface area contributed by atoms with Crippen LogP contribution in [0.3, 0.4) is 0 Å². The third-order valence-electron chi connectivity index (χ3n) is 7.19. The molecule has 1 saturated heterocycles. The van der Waals surface area contributed by atoms with Crippen LogP contribution in [0, 0.1) is 12.7 Å². The molecule has 0 bridgehead atoms. The number of carbonyl (C=O) groups is 2. The van der Waals surface area contributed by atoms with E-state index in [4.69, 9.17) is 14.2 Å². The molecule has 3 aromatic carbocycles. The Morgan fingerprint density at radius 2 is 1.60 bits per heavy atom. The number of methoxy groups -OCH3 is 2. The van der Waals surface area contributed by atoms with Gasteiger partial charge in [0.25, 0.3) is 11.8 Å². The summed E-state index contributed by atoms with van der Waals surface area (Å²) in [5.74, 6) is 0.138. The molecule has 0 saturated carbocycles. The quantitative estimate of drug-likeness (QED) is 0.278. The van der Waals surface area contributed by atoms with E-state index in [1.165, 1.54) is 12.1 Å². The first kappa shape index (κ1) is 29.5. The van der Waals surface area contributed by atoms with Crippen LogP contribution in [0.5, 0.6) is 11.5 Å². The zero-order valence-corrected chi connectivity index (χ0v) is 24.3. The summed E-state index contributed by atoms with van der Waals surface area (Å²) in [7, 11) is 3.15. The summed E-state index contributed by atoms with van der Waals surface area (Å²) in [4.78, 5) is 32.4. The predicted molar refractivity (Wildman–Crippen MR) is 163 cm³/mol. The number of benzene rings is 3. The monoisotopic (exact) mass is 584 g/mol. The number of aryl methyl sites for hydroxylation is 1. The third kappa shape index (κ3) is 7.28. The number of aromatic nitrogens is 1. The molecule has 1 aliphatic rings. The molecule has 0 atom stereocenters. The zero-order valence-electron chi connectivity index (χ0n) is 24.3. The zero-order chi connectivity index (χ0) is 30.3. The first-order chi connectivity index (χ1) is 20.8. The van der Waals surface area contributed by atoms with Crippen molar-refractivity contribution in [3.05, 3.63) is 101 Å². The number of carbonyl (C=O) groups excluding carboxylic acids is 2. The highest BCUT2D eigenvalue weighted by Crippen LogP contribution is 2.27. The second-order valence-electron chi connectivity index (χ2n) is 10.1. The molecule has 4 aromatic rings. The maximum absolute atomic E-state index is 14.4. The van der Waals surface area contributed by atoms with E-state index in [1.54, 1.807) is 44.7 Å². The lowest BCUT2D eigenvalue weighted by atomic mass is 10.0. The lowest BCUT2D eigenvalue weighted by Gasteiger charge is -2.29. The number of hydrogen-bond acceptors (Lipinski definition) is 7. The minimum Gasteiger partial charge on any atom is -0.497 e. The Hall–Kier alpha value is -4.96. The molecule has 1 aliphatic heterocycles. The first-order valence-electron chi connectivity index (χ1n) is 13.8. The van der Waals surface area contributed by atoms with Gasteiger partial charge in [-0.05, 0) is 66.6 Å². The second kappa shape index (κ2) is 13.3. The number of nitrogens with zero attached hydrogens (tertiary/aromatic N) is 2. The maximum atomic E-state index is 14.4. The van der Waals surface area contributed by atoms with Gasteiger partial charge in [-0.15, -0.1) is 0 Å². The summed E-state index contributed by atoms with van der Waals surface area (Å²) >= 11 is 0. The molecule has 0 spiro atoms. The SMILES string of the molecule is COc1cc(CNC(=O)c2ccc(-c3cc(NC(=O)c4cc(F)cc(N5CCOCC5)c4)cnc3C)cc2)cc(OC)c1. The van der Waals surface area contributed by atoms with Crippen LogP contribution in [0.4, 0.5) is 15.8 Å². The van der Waals surface area contributed by atoms with Gasteiger partial charge >= 0.3 is 0 Å². The molecule has 2 N–H and O–H groups in total. The molecule has 5 rings (SSSR count). The van der Waals surface area contributed by atoms with E-state index in [1.807, 2.05) is 42.2 Å². The van der Waals surface area contributed by atoms with E-state index in [0.717, 1.165) is 22.4 Å². The number of anilines is 2. The van der Waals surface area contributed by atoms with Crippen molar-refractivity contribution in [3.8, 4) is 22.6 Å². The Morgan fingerprint density at radius 3 is 2.28 bits per heavy atom. The van der Waals surface area contributed by atoms with Gasteiger partial charge in [-0.2, -0.15) is 0 Å². The summed E-state index contributed by atoms with van der Waals surface area (Å²) in [5.41, 5.74) is 5.04. The Balaban J connectivity index is 1.27. The van der Waals surface area contributed by atoms with E-state index in [0.29, 0.717) is 61.3 Å². The minimum absolute atomic E-state index is 0.214. The number of amides is 2. The van der Waals surface area contributed by atoms with Gasteiger partial charge in [-0.3, -0.25) is 14.6 Å². The number of hydrogen-bond donors (Lipinski definition) is 2. The molecule has 2 amide bonds. The van der Waals surface area contributed by atoms with Crippen molar-refractivity contribution in [3.63, 3.8) is 0 Å². The highest BCUT2D eigenvalue weighted by atomic mass is 19.1. The summed E-state index contributed by atoms with van der Waals surface area (Å²) < 4.78 is 30.4. The lowest BCUT2D eigenvalue weighted by Crippen LogP contribution is -2.36. The lowest BCUT2D eigenvalue weighted by molar-refractivity contribution is 0.0950. The Kier molecular flexibility index (Phi) is 9.17. The number of ether oxygens (including phenoxy) is 3. The molecule has 0 aliphatic carbocycles. The number of pyridine rings is 1. The first-order valence-corrected chi connectivity index (χ1v) is 13.8. The van der Waals surface area contributed by atoms with Gasteiger partial charge in [0.1, 0.15) is 17.3 Å². The van der Waals surface area contributed by atoms with Crippen LogP contribution in [-0.4, -0.2) is 57.3 Å². The van der Waals surface area contributed by atoms with Gasteiger partial charge in [0.05, 0.1) is 39.3 Å². The third-order valence-corrected chi connectivity index (χ3v) is 7.19. The van der Waals surface area contributed by atoms with E-state index >= 15 is 0 Å². The molecule has 2 heterocycles. The van der Waals surface area contributed by atoms with Crippen LogP contribution < -0.4 is 25.0 Å². The molecule has 1 fully saturated rings. The van der Waals surface area contributed by atoms with Crippen molar-refractivity contribution in [2.45, 2.75) is 13.5 Å². The van der Waals surface area contributed by atoms with Gasteiger partial charge in [-0.1, -0.05) is 12.1 Å². The molecule has 0 unspecified atom stereocenters. The maximum Gasteiger partial charge on any atom is 0.255 e. The molecule has 43 heavy (non-hydrogen) atoms. The second-order valence-corrected chi connectivity index (χ2v) is 10.1. The van der Waals surface area contributed by atoms with Crippen LogP contribution in [0.25, 0.3) is 11.1 Å². The number of rotatable bonds is 9. The van der Waals surface area contributed by atoms with Crippen molar-refractivity contribution in [2.75, 3.05) is 50.7 Å². The highest BCUT2D eigenvalue weighted by molar-refractivity contribution is 6.05. The number of nitrogens with one attached hydrogen (secondary N) is 2. The average Bonchev–Trinajstić information content (AvgIpc) is 3.04. The predicted octanol–water partition coefficient (Wildman–Crippen LogP) is 5.23. The van der Waals surface area contributed by atoms with Gasteiger partial charge in [0.2, 0.25) is 0 Å². The topological polar surface area (TPSA) is 102 Å². The van der Waals surface area contributed by atoms with E-state index < -0.39 is 11.7 Å². The molecule has 1 aromatic heterocycles. The van der Waals surface area contributed by atoms with E-state index in [2.05, 4.69) is 15.6 Å². The van der Waals surface area contributed by atoms with Crippen LogP contribution in [0.1, 0.15) is 32.0 Å². The van der Waals surface area contributed by atoms with Gasteiger partial charge < -0.3 is 29.7 Å².